The van der Waals surface area contributed by atoms with Crippen molar-refractivity contribution < 1.29 is 9.53 Å². The van der Waals surface area contributed by atoms with E-state index in [2.05, 4.69) is 20.2 Å². The van der Waals surface area contributed by atoms with Gasteiger partial charge in [0.05, 0.1) is 18.8 Å². The molecule has 1 atom stereocenters. The Kier molecular flexibility index (Phi) is 5.10. The Labute approximate surface area is 179 Å². The van der Waals surface area contributed by atoms with Gasteiger partial charge in [0, 0.05) is 37.4 Å². The number of carbonyl (C=O) groups is 1. The SMILES string of the molecule is O=C(c1nnn2c1COC(c1ccc(Cl)cc1)C2)N1CCN(c2ccccn2)CC1. The number of hydrogen-bond acceptors (Lipinski definition) is 6. The van der Waals surface area contributed by atoms with Crippen LogP contribution < -0.4 is 4.90 Å². The van der Waals surface area contributed by atoms with Crippen LogP contribution in [0, 0.1) is 0 Å². The highest BCUT2D eigenvalue weighted by Gasteiger charge is 2.31. The van der Waals surface area contributed by atoms with Crippen molar-refractivity contribution in [3.63, 3.8) is 0 Å². The van der Waals surface area contributed by atoms with Crippen molar-refractivity contribution in [2.45, 2.75) is 19.3 Å². The van der Waals surface area contributed by atoms with E-state index in [0.717, 1.165) is 30.2 Å². The van der Waals surface area contributed by atoms with Gasteiger partial charge in [0.15, 0.2) is 5.69 Å². The van der Waals surface area contributed by atoms with E-state index in [1.807, 2.05) is 47.4 Å². The van der Waals surface area contributed by atoms with E-state index in [0.29, 0.717) is 37.0 Å². The molecule has 1 saturated heterocycles. The van der Waals surface area contributed by atoms with Gasteiger partial charge in [-0.2, -0.15) is 0 Å². The van der Waals surface area contributed by atoms with E-state index in [4.69, 9.17) is 16.3 Å². The van der Waals surface area contributed by atoms with Crippen molar-refractivity contribution in [3.8, 4) is 0 Å². The van der Waals surface area contributed by atoms with Gasteiger partial charge in [-0.3, -0.25) is 4.79 Å². The lowest BCUT2D eigenvalue weighted by molar-refractivity contribution is -0.00196. The number of hydrogen-bond donors (Lipinski definition) is 0. The normalized spacial score (nSPS) is 18.9. The summed E-state index contributed by atoms with van der Waals surface area (Å²) in [5.74, 6) is 0.845. The number of rotatable bonds is 3. The van der Waals surface area contributed by atoms with Gasteiger partial charge in [0.25, 0.3) is 5.91 Å². The second-order valence-electron chi connectivity index (χ2n) is 7.39. The van der Waals surface area contributed by atoms with Crippen LogP contribution in [0.3, 0.4) is 0 Å². The molecule has 0 aliphatic carbocycles. The maximum absolute atomic E-state index is 13.1. The summed E-state index contributed by atoms with van der Waals surface area (Å²) in [6.45, 7) is 3.54. The van der Waals surface area contributed by atoms with Crippen LogP contribution in [-0.2, 0) is 17.9 Å². The molecule has 8 nitrogen and oxygen atoms in total. The number of pyridine rings is 1. The van der Waals surface area contributed by atoms with Gasteiger partial charge < -0.3 is 14.5 Å². The van der Waals surface area contributed by atoms with E-state index in [9.17, 15) is 4.79 Å². The van der Waals surface area contributed by atoms with Crippen LogP contribution in [0.2, 0.25) is 5.02 Å². The Morgan fingerprint density at radius 2 is 1.87 bits per heavy atom. The number of fused-ring (bicyclic) bond motifs is 1. The van der Waals surface area contributed by atoms with Crippen LogP contribution in [0.25, 0.3) is 0 Å². The monoisotopic (exact) mass is 424 g/mol. The summed E-state index contributed by atoms with van der Waals surface area (Å²) >= 11 is 5.97. The Balaban J connectivity index is 1.26. The zero-order valence-electron chi connectivity index (χ0n) is 16.3. The molecule has 0 spiro atoms. The van der Waals surface area contributed by atoms with E-state index in [1.165, 1.54) is 0 Å². The van der Waals surface area contributed by atoms with Gasteiger partial charge in [-0.15, -0.1) is 5.10 Å². The van der Waals surface area contributed by atoms with Gasteiger partial charge in [0.2, 0.25) is 0 Å². The Morgan fingerprint density at radius 1 is 1.07 bits per heavy atom. The number of amides is 1. The van der Waals surface area contributed by atoms with Crippen molar-refractivity contribution in [1.82, 2.24) is 24.9 Å². The molecule has 30 heavy (non-hydrogen) atoms. The molecule has 0 radical (unpaired) electrons. The average Bonchev–Trinajstić information content (AvgIpc) is 3.23. The fourth-order valence-electron chi connectivity index (χ4n) is 3.89. The molecule has 1 fully saturated rings. The first kappa shape index (κ1) is 19.0. The minimum absolute atomic E-state index is 0.0922. The molecule has 0 saturated carbocycles. The molecule has 1 aromatic carbocycles. The predicted molar refractivity (Wildman–Crippen MR) is 111 cm³/mol. The third kappa shape index (κ3) is 3.64. The molecule has 1 unspecified atom stereocenters. The van der Waals surface area contributed by atoms with Crippen LogP contribution >= 0.6 is 11.6 Å². The van der Waals surface area contributed by atoms with Gasteiger partial charge >= 0.3 is 0 Å². The lowest BCUT2D eigenvalue weighted by Gasteiger charge is -2.35. The molecule has 154 valence electrons. The third-order valence-corrected chi connectivity index (χ3v) is 5.83. The molecule has 4 heterocycles. The van der Waals surface area contributed by atoms with E-state index < -0.39 is 0 Å². The van der Waals surface area contributed by atoms with Crippen molar-refractivity contribution in [2.24, 2.45) is 0 Å². The summed E-state index contributed by atoms with van der Waals surface area (Å²) < 4.78 is 7.79. The zero-order valence-corrected chi connectivity index (χ0v) is 17.1. The van der Waals surface area contributed by atoms with Crippen molar-refractivity contribution >= 4 is 23.3 Å². The fourth-order valence-corrected chi connectivity index (χ4v) is 4.01. The van der Waals surface area contributed by atoms with E-state index in [1.54, 1.807) is 10.9 Å². The van der Waals surface area contributed by atoms with Crippen molar-refractivity contribution in [3.05, 3.63) is 70.6 Å². The second kappa shape index (κ2) is 8.04. The second-order valence-corrected chi connectivity index (χ2v) is 7.82. The molecular formula is C21H21ClN6O2. The summed E-state index contributed by atoms with van der Waals surface area (Å²) in [6.07, 6.45) is 1.65. The first-order valence-corrected chi connectivity index (χ1v) is 10.3. The van der Waals surface area contributed by atoms with Crippen LogP contribution in [-0.4, -0.2) is 57.0 Å². The first-order valence-electron chi connectivity index (χ1n) is 9.94. The largest absolute Gasteiger partial charge is 0.365 e. The van der Waals surface area contributed by atoms with Gasteiger partial charge in [-0.25, -0.2) is 9.67 Å². The van der Waals surface area contributed by atoms with Gasteiger partial charge in [0.1, 0.15) is 11.9 Å². The molecule has 1 amide bonds. The van der Waals surface area contributed by atoms with Crippen molar-refractivity contribution in [1.29, 1.82) is 0 Å². The highest BCUT2D eigenvalue weighted by atomic mass is 35.5. The number of nitrogens with zero attached hydrogens (tertiary/aromatic N) is 6. The molecule has 2 aromatic heterocycles. The number of anilines is 1. The molecule has 2 aliphatic heterocycles. The summed E-state index contributed by atoms with van der Waals surface area (Å²) in [7, 11) is 0. The molecule has 5 rings (SSSR count). The minimum Gasteiger partial charge on any atom is -0.365 e. The van der Waals surface area contributed by atoms with Crippen molar-refractivity contribution in [2.75, 3.05) is 31.1 Å². The van der Waals surface area contributed by atoms with Crippen LogP contribution in [0.4, 0.5) is 5.82 Å². The summed E-state index contributed by atoms with van der Waals surface area (Å²) in [5.41, 5.74) is 2.15. The number of halogens is 1. The standard InChI is InChI=1S/C21H21ClN6O2/c22-16-6-4-15(5-7-16)18-13-28-17(14-30-18)20(24-25-28)21(29)27-11-9-26(10-12-27)19-3-1-2-8-23-19/h1-8,18H,9-14H2. The Morgan fingerprint density at radius 3 is 2.60 bits per heavy atom. The van der Waals surface area contributed by atoms with Gasteiger partial charge in [-0.05, 0) is 29.8 Å². The lowest BCUT2D eigenvalue weighted by atomic mass is 10.1. The Hall–Kier alpha value is -2.97. The maximum atomic E-state index is 13.1. The van der Waals surface area contributed by atoms with Crippen LogP contribution in [0.5, 0.6) is 0 Å². The third-order valence-electron chi connectivity index (χ3n) is 5.58. The maximum Gasteiger partial charge on any atom is 0.276 e. The number of piperazine rings is 1. The highest BCUT2D eigenvalue weighted by Crippen LogP contribution is 2.28. The summed E-state index contributed by atoms with van der Waals surface area (Å²) in [4.78, 5) is 21.5. The summed E-state index contributed by atoms with van der Waals surface area (Å²) in [6, 6.07) is 13.4. The average molecular weight is 425 g/mol. The minimum atomic E-state index is -0.138. The fraction of sp³-hybridized carbons (Fsp3) is 0.333. The number of aromatic nitrogens is 4. The highest BCUT2D eigenvalue weighted by molar-refractivity contribution is 6.30. The number of benzene rings is 1. The van der Waals surface area contributed by atoms with Crippen LogP contribution in [0.1, 0.15) is 27.8 Å². The predicted octanol–water partition coefficient (Wildman–Crippen LogP) is 2.56. The van der Waals surface area contributed by atoms with E-state index in [-0.39, 0.29) is 12.0 Å². The first-order chi connectivity index (χ1) is 14.7. The Bertz CT molecular complexity index is 1030. The van der Waals surface area contributed by atoms with E-state index >= 15 is 0 Å². The zero-order chi connectivity index (χ0) is 20.5. The lowest BCUT2D eigenvalue weighted by Crippen LogP contribution is -2.49. The quantitative estimate of drug-likeness (QED) is 0.643. The molecular weight excluding hydrogens is 404 g/mol. The van der Waals surface area contributed by atoms with Gasteiger partial charge in [-0.1, -0.05) is 35.0 Å². The smallest absolute Gasteiger partial charge is 0.276 e. The molecule has 0 N–H and O–H groups in total. The molecule has 9 heteroatoms. The number of carbonyl (C=O) groups excluding carboxylic acids is 1. The number of ether oxygens (including phenoxy) is 1. The topological polar surface area (TPSA) is 76.4 Å². The molecule has 0 bridgehead atoms. The summed E-state index contributed by atoms with van der Waals surface area (Å²) in [5, 5.41) is 9.10. The van der Waals surface area contributed by atoms with Crippen LogP contribution in [0.15, 0.2) is 48.7 Å². The molecule has 3 aromatic rings. The molecule has 2 aliphatic rings.